The third kappa shape index (κ3) is 5.60. The van der Waals surface area contributed by atoms with Crippen molar-refractivity contribution in [2.45, 2.75) is 0 Å². The quantitative estimate of drug-likeness (QED) is 0.429. The Morgan fingerprint density at radius 1 is 1.15 bits per heavy atom. The molecule has 0 radical (unpaired) electrons. The third-order valence-corrected chi connectivity index (χ3v) is 3.92. The lowest BCUT2D eigenvalue weighted by Gasteiger charge is -2.12. The van der Waals surface area contributed by atoms with Gasteiger partial charge in [-0.15, -0.1) is 0 Å². The van der Waals surface area contributed by atoms with Crippen molar-refractivity contribution in [1.82, 2.24) is 5.43 Å². The summed E-state index contributed by atoms with van der Waals surface area (Å²) in [6, 6.07) is 9.74. The highest BCUT2D eigenvalue weighted by atomic mass is 35.5. The van der Waals surface area contributed by atoms with Gasteiger partial charge >= 0.3 is 5.97 Å². The zero-order chi connectivity index (χ0) is 19.8. The Bertz CT molecular complexity index is 871. The minimum Gasteiger partial charge on any atom is -0.493 e. The van der Waals surface area contributed by atoms with Crippen LogP contribution in [0, 0.1) is 0 Å². The van der Waals surface area contributed by atoms with E-state index in [0.717, 1.165) is 0 Å². The molecule has 0 aliphatic carbocycles. The van der Waals surface area contributed by atoms with Crippen LogP contribution < -0.4 is 14.9 Å². The summed E-state index contributed by atoms with van der Waals surface area (Å²) in [6.07, 6.45) is 1.38. The summed E-state index contributed by atoms with van der Waals surface area (Å²) in [4.78, 5) is 23.3. The van der Waals surface area contributed by atoms with E-state index in [2.05, 4.69) is 15.3 Å². The van der Waals surface area contributed by atoms with E-state index in [9.17, 15) is 9.59 Å². The fourth-order valence-electron chi connectivity index (χ4n) is 2.02. The Morgan fingerprint density at radius 2 is 1.89 bits per heavy atom. The average molecular weight is 411 g/mol. The Balaban J connectivity index is 2.11. The first-order chi connectivity index (χ1) is 13.0. The van der Waals surface area contributed by atoms with E-state index in [0.29, 0.717) is 21.9 Å². The number of nitrogens with one attached hydrogen (secondary N) is 1. The highest BCUT2D eigenvalue weighted by Crippen LogP contribution is 2.36. The van der Waals surface area contributed by atoms with Crippen LogP contribution in [-0.4, -0.2) is 38.9 Å². The molecular formula is C18H16Cl2N2O5. The maximum atomic E-state index is 12.1. The number of halogens is 2. The van der Waals surface area contributed by atoms with Crippen LogP contribution in [-0.2, 0) is 9.53 Å². The Kier molecular flexibility index (Phi) is 7.45. The van der Waals surface area contributed by atoms with Gasteiger partial charge in [0.25, 0.3) is 5.91 Å². The molecule has 142 valence electrons. The van der Waals surface area contributed by atoms with Crippen molar-refractivity contribution in [2.24, 2.45) is 5.10 Å². The molecular weight excluding hydrogens is 395 g/mol. The van der Waals surface area contributed by atoms with Crippen molar-refractivity contribution in [1.29, 1.82) is 0 Å². The Labute approximate surface area is 165 Å². The van der Waals surface area contributed by atoms with Gasteiger partial charge in [-0.25, -0.2) is 10.2 Å². The molecule has 0 fully saturated rings. The largest absolute Gasteiger partial charge is 0.493 e. The smallest absolute Gasteiger partial charge is 0.343 e. The second kappa shape index (κ2) is 9.80. The number of hydrazone groups is 1. The van der Waals surface area contributed by atoms with Gasteiger partial charge in [0.2, 0.25) is 0 Å². The summed E-state index contributed by atoms with van der Waals surface area (Å²) < 4.78 is 15.0. The summed E-state index contributed by atoms with van der Waals surface area (Å²) in [5.41, 5.74) is 3.22. The van der Waals surface area contributed by atoms with Gasteiger partial charge in [0.05, 0.1) is 36.0 Å². The zero-order valence-electron chi connectivity index (χ0n) is 14.5. The molecule has 0 unspecified atom stereocenters. The van der Waals surface area contributed by atoms with Crippen molar-refractivity contribution in [3.05, 3.63) is 57.6 Å². The Morgan fingerprint density at radius 3 is 2.56 bits per heavy atom. The minimum atomic E-state index is -0.555. The number of rotatable bonds is 7. The lowest BCUT2D eigenvalue weighted by atomic mass is 10.2. The van der Waals surface area contributed by atoms with Crippen LogP contribution >= 0.6 is 23.2 Å². The number of nitrogens with zero attached hydrogens (tertiary/aromatic N) is 1. The van der Waals surface area contributed by atoms with E-state index in [1.807, 2.05) is 0 Å². The van der Waals surface area contributed by atoms with Crippen molar-refractivity contribution in [3.8, 4) is 11.5 Å². The molecule has 9 heteroatoms. The van der Waals surface area contributed by atoms with E-state index >= 15 is 0 Å². The van der Waals surface area contributed by atoms with Crippen molar-refractivity contribution < 1.29 is 23.8 Å². The predicted molar refractivity (Wildman–Crippen MR) is 102 cm³/mol. The fourth-order valence-corrected chi connectivity index (χ4v) is 2.51. The van der Waals surface area contributed by atoms with Crippen LogP contribution in [0.2, 0.25) is 10.0 Å². The number of hydrogen-bond donors (Lipinski definition) is 1. The molecule has 0 bridgehead atoms. The second-order valence-electron chi connectivity index (χ2n) is 5.08. The number of amides is 1. The summed E-state index contributed by atoms with van der Waals surface area (Å²) >= 11 is 12.1. The first-order valence-electron chi connectivity index (χ1n) is 7.61. The van der Waals surface area contributed by atoms with Crippen molar-refractivity contribution >= 4 is 41.3 Å². The summed E-state index contributed by atoms with van der Waals surface area (Å²) in [5.74, 6) is -0.513. The SMILES string of the molecule is COC(=O)COc1c(Cl)cc(/C=N\NC(=O)c2ccccc2Cl)cc1OC. The zero-order valence-corrected chi connectivity index (χ0v) is 16.0. The first kappa shape index (κ1) is 20.5. The maximum absolute atomic E-state index is 12.1. The standard InChI is InChI=1S/C18H16Cl2N2O5/c1-25-15-8-11(7-14(20)17(15)27-10-16(23)26-2)9-21-22-18(24)12-5-3-4-6-13(12)19/h3-9H,10H2,1-2H3,(H,22,24)/b21-9-. The van der Waals surface area contributed by atoms with E-state index in [1.54, 1.807) is 36.4 Å². The molecule has 0 aliphatic heterocycles. The van der Waals surface area contributed by atoms with Crippen LogP contribution in [0.25, 0.3) is 0 Å². The van der Waals surface area contributed by atoms with Crippen molar-refractivity contribution in [2.75, 3.05) is 20.8 Å². The molecule has 2 rings (SSSR count). The highest BCUT2D eigenvalue weighted by molar-refractivity contribution is 6.34. The van der Waals surface area contributed by atoms with Crippen LogP contribution in [0.15, 0.2) is 41.5 Å². The van der Waals surface area contributed by atoms with E-state index in [-0.39, 0.29) is 17.4 Å². The number of hydrogen-bond acceptors (Lipinski definition) is 6. The van der Waals surface area contributed by atoms with Gasteiger partial charge in [0.15, 0.2) is 18.1 Å². The third-order valence-electron chi connectivity index (χ3n) is 3.31. The van der Waals surface area contributed by atoms with Gasteiger partial charge in [-0.3, -0.25) is 4.79 Å². The molecule has 0 aromatic heterocycles. The molecule has 1 N–H and O–H groups in total. The van der Waals surface area contributed by atoms with E-state index in [4.69, 9.17) is 32.7 Å². The molecule has 7 nitrogen and oxygen atoms in total. The number of benzene rings is 2. The molecule has 0 atom stereocenters. The van der Waals surface area contributed by atoms with Crippen LogP contribution in [0.4, 0.5) is 0 Å². The monoisotopic (exact) mass is 410 g/mol. The van der Waals surface area contributed by atoms with Gasteiger partial charge in [0.1, 0.15) is 0 Å². The van der Waals surface area contributed by atoms with Gasteiger partial charge in [0, 0.05) is 0 Å². The lowest BCUT2D eigenvalue weighted by Crippen LogP contribution is -2.18. The van der Waals surface area contributed by atoms with Gasteiger partial charge in [-0.1, -0.05) is 35.3 Å². The second-order valence-corrected chi connectivity index (χ2v) is 5.89. The number of carbonyl (C=O) groups is 2. The Hall–Kier alpha value is -2.77. The molecule has 0 aliphatic rings. The summed E-state index contributed by atoms with van der Waals surface area (Å²) in [5, 5.41) is 4.41. The van der Waals surface area contributed by atoms with Gasteiger partial charge in [-0.2, -0.15) is 5.10 Å². The number of carbonyl (C=O) groups excluding carboxylic acids is 2. The molecule has 2 aromatic rings. The van der Waals surface area contributed by atoms with Gasteiger partial charge in [-0.05, 0) is 29.8 Å². The molecule has 0 heterocycles. The van der Waals surface area contributed by atoms with E-state index in [1.165, 1.54) is 20.4 Å². The lowest BCUT2D eigenvalue weighted by molar-refractivity contribution is -0.142. The molecule has 0 saturated heterocycles. The number of methoxy groups -OCH3 is 2. The van der Waals surface area contributed by atoms with Crippen molar-refractivity contribution in [3.63, 3.8) is 0 Å². The normalized spacial score (nSPS) is 10.5. The molecule has 27 heavy (non-hydrogen) atoms. The summed E-state index contributed by atoms with van der Waals surface area (Å²) in [6.45, 7) is -0.312. The van der Waals surface area contributed by atoms with E-state index < -0.39 is 11.9 Å². The first-order valence-corrected chi connectivity index (χ1v) is 8.37. The predicted octanol–water partition coefficient (Wildman–Crippen LogP) is 3.32. The average Bonchev–Trinajstić information content (AvgIpc) is 2.66. The van der Waals surface area contributed by atoms with Gasteiger partial charge < -0.3 is 14.2 Å². The summed E-state index contributed by atoms with van der Waals surface area (Å²) in [7, 11) is 2.68. The number of esters is 1. The molecule has 2 aromatic carbocycles. The highest BCUT2D eigenvalue weighted by Gasteiger charge is 2.14. The van der Waals surface area contributed by atoms with Crippen LogP contribution in [0.3, 0.4) is 0 Å². The fraction of sp³-hybridized carbons (Fsp3) is 0.167. The van der Waals surface area contributed by atoms with Crippen LogP contribution in [0.1, 0.15) is 15.9 Å². The topological polar surface area (TPSA) is 86.2 Å². The maximum Gasteiger partial charge on any atom is 0.343 e. The molecule has 0 saturated carbocycles. The molecule has 1 amide bonds. The number of ether oxygens (including phenoxy) is 3. The minimum absolute atomic E-state index is 0.196. The molecule has 0 spiro atoms. The van der Waals surface area contributed by atoms with Crippen LogP contribution in [0.5, 0.6) is 11.5 Å².